The smallest absolute Gasteiger partial charge is 0.220 e. The van der Waals surface area contributed by atoms with Gasteiger partial charge in [0, 0.05) is 19.5 Å². The van der Waals surface area contributed by atoms with E-state index in [0.717, 1.165) is 12.8 Å². The summed E-state index contributed by atoms with van der Waals surface area (Å²) >= 11 is 0. The summed E-state index contributed by atoms with van der Waals surface area (Å²) in [6.45, 7) is 4.20. The Morgan fingerprint density at radius 1 is 1.20 bits per heavy atom. The molecule has 0 heterocycles. The molecular formula is C9H20N2O3S. The highest BCUT2D eigenvalue weighted by Gasteiger charge is 2.05. The van der Waals surface area contributed by atoms with E-state index >= 15 is 0 Å². The van der Waals surface area contributed by atoms with Crippen LogP contribution in [0.15, 0.2) is 0 Å². The van der Waals surface area contributed by atoms with E-state index in [9.17, 15) is 13.2 Å². The minimum atomic E-state index is -3.14. The average molecular weight is 236 g/mol. The van der Waals surface area contributed by atoms with E-state index in [1.807, 2.05) is 6.92 Å². The van der Waals surface area contributed by atoms with Gasteiger partial charge in [0.1, 0.15) is 0 Å². The van der Waals surface area contributed by atoms with Gasteiger partial charge in [0.15, 0.2) is 0 Å². The maximum Gasteiger partial charge on any atom is 0.220 e. The van der Waals surface area contributed by atoms with Crippen LogP contribution in [0, 0.1) is 0 Å². The van der Waals surface area contributed by atoms with Crippen molar-refractivity contribution in [1.29, 1.82) is 0 Å². The Morgan fingerprint density at radius 2 is 1.87 bits per heavy atom. The lowest BCUT2D eigenvalue weighted by Gasteiger charge is -2.06. The Labute approximate surface area is 91.7 Å². The fraction of sp³-hybridized carbons (Fsp3) is 0.889. The zero-order valence-electron chi connectivity index (χ0n) is 9.38. The molecule has 0 saturated heterocycles. The van der Waals surface area contributed by atoms with Gasteiger partial charge < -0.3 is 5.32 Å². The third kappa shape index (κ3) is 8.38. The quantitative estimate of drug-likeness (QED) is 0.592. The Hall–Kier alpha value is -0.620. The van der Waals surface area contributed by atoms with Crippen LogP contribution in [0.3, 0.4) is 0 Å². The Bertz CT molecular complexity index is 275. The fourth-order valence-corrected chi connectivity index (χ4v) is 1.55. The van der Waals surface area contributed by atoms with Gasteiger partial charge in [-0.25, -0.2) is 13.1 Å². The molecule has 0 aromatic carbocycles. The van der Waals surface area contributed by atoms with E-state index in [1.165, 1.54) is 0 Å². The minimum absolute atomic E-state index is 0.0208. The van der Waals surface area contributed by atoms with Crippen molar-refractivity contribution in [1.82, 2.24) is 10.0 Å². The molecule has 0 aromatic heterocycles. The highest BCUT2D eigenvalue weighted by molar-refractivity contribution is 7.89. The Balaban J connectivity index is 3.50. The number of hydrogen-bond donors (Lipinski definition) is 2. The molecule has 1 amide bonds. The highest BCUT2D eigenvalue weighted by atomic mass is 32.2. The summed E-state index contributed by atoms with van der Waals surface area (Å²) < 4.78 is 24.4. The zero-order chi connectivity index (χ0) is 11.7. The molecule has 0 radical (unpaired) electrons. The van der Waals surface area contributed by atoms with Gasteiger partial charge in [0.25, 0.3) is 0 Å². The van der Waals surface area contributed by atoms with Crippen LogP contribution in [0.1, 0.15) is 33.1 Å². The summed E-state index contributed by atoms with van der Waals surface area (Å²) in [5.74, 6) is 0.0455. The average Bonchev–Trinajstić information content (AvgIpc) is 2.21. The van der Waals surface area contributed by atoms with Crippen molar-refractivity contribution in [2.45, 2.75) is 33.1 Å². The number of rotatable bonds is 8. The van der Waals surface area contributed by atoms with Crippen molar-refractivity contribution in [3.8, 4) is 0 Å². The van der Waals surface area contributed by atoms with Crippen molar-refractivity contribution in [3.63, 3.8) is 0 Å². The van der Waals surface area contributed by atoms with Crippen molar-refractivity contribution in [2.24, 2.45) is 0 Å². The molecule has 0 atom stereocenters. The molecule has 0 aliphatic rings. The number of carbonyl (C=O) groups is 1. The third-order valence-electron chi connectivity index (χ3n) is 1.91. The van der Waals surface area contributed by atoms with Crippen LogP contribution in [-0.2, 0) is 14.8 Å². The summed E-state index contributed by atoms with van der Waals surface area (Å²) in [6, 6.07) is 0. The molecule has 2 N–H and O–H groups in total. The van der Waals surface area contributed by atoms with Crippen molar-refractivity contribution in [3.05, 3.63) is 0 Å². The summed E-state index contributed by atoms with van der Waals surface area (Å²) in [6.07, 6.45) is 2.36. The van der Waals surface area contributed by atoms with Crippen LogP contribution in [0.25, 0.3) is 0 Å². The van der Waals surface area contributed by atoms with Gasteiger partial charge >= 0.3 is 0 Å². The van der Waals surface area contributed by atoms with Crippen LogP contribution in [0.4, 0.5) is 0 Å². The predicted octanol–water partition coefficient (Wildman–Crippen LogP) is 0.232. The molecule has 0 spiro atoms. The van der Waals surface area contributed by atoms with E-state index < -0.39 is 10.0 Å². The summed E-state index contributed by atoms with van der Waals surface area (Å²) in [7, 11) is -3.14. The molecule has 6 heteroatoms. The molecule has 0 saturated carbocycles. The van der Waals surface area contributed by atoms with Crippen molar-refractivity contribution in [2.75, 3.05) is 18.8 Å². The second kappa shape index (κ2) is 7.64. The van der Waals surface area contributed by atoms with Crippen LogP contribution < -0.4 is 10.0 Å². The van der Waals surface area contributed by atoms with E-state index in [0.29, 0.717) is 13.0 Å². The first-order valence-corrected chi connectivity index (χ1v) is 6.91. The topological polar surface area (TPSA) is 75.3 Å². The Morgan fingerprint density at radius 3 is 2.40 bits per heavy atom. The van der Waals surface area contributed by atoms with Crippen molar-refractivity contribution >= 4 is 15.9 Å². The molecule has 0 bridgehead atoms. The van der Waals surface area contributed by atoms with Gasteiger partial charge in [-0.1, -0.05) is 13.3 Å². The van der Waals surface area contributed by atoms with E-state index in [1.54, 1.807) is 6.92 Å². The summed E-state index contributed by atoms with van der Waals surface area (Å²) in [5.41, 5.74) is 0. The van der Waals surface area contributed by atoms with Crippen molar-refractivity contribution < 1.29 is 13.2 Å². The SMILES string of the molecule is CCCCC(=O)NCCNS(=O)(=O)CC. The van der Waals surface area contributed by atoms with Gasteiger partial charge in [-0.3, -0.25) is 4.79 Å². The number of nitrogens with one attached hydrogen (secondary N) is 2. The first kappa shape index (κ1) is 14.4. The van der Waals surface area contributed by atoms with Crippen LogP contribution in [0.2, 0.25) is 0 Å². The normalized spacial score (nSPS) is 11.3. The van der Waals surface area contributed by atoms with Crippen LogP contribution >= 0.6 is 0 Å². The third-order valence-corrected chi connectivity index (χ3v) is 3.31. The standard InChI is InChI=1S/C9H20N2O3S/c1-3-5-6-9(12)10-7-8-11-15(13,14)4-2/h11H,3-8H2,1-2H3,(H,10,12). The summed E-state index contributed by atoms with van der Waals surface area (Å²) in [5, 5.41) is 2.65. The zero-order valence-corrected chi connectivity index (χ0v) is 10.2. The molecule has 90 valence electrons. The molecule has 0 aliphatic heterocycles. The lowest BCUT2D eigenvalue weighted by Crippen LogP contribution is -2.35. The largest absolute Gasteiger partial charge is 0.355 e. The van der Waals surface area contributed by atoms with Gasteiger partial charge in [-0.15, -0.1) is 0 Å². The fourth-order valence-electron chi connectivity index (χ4n) is 0.936. The molecule has 0 aliphatic carbocycles. The van der Waals surface area contributed by atoms with E-state index in [2.05, 4.69) is 10.0 Å². The first-order chi connectivity index (χ1) is 7.02. The van der Waals surface area contributed by atoms with Gasteiger partial charge in [-0.2, -0.15) is 0 Å². The lowest BCUT2D eigenvalue weighted by molar-refractivity contribution is -0.121. The van der Waals surface area contributed by atoms with Crippen LogP contribution in [0.5, 0.6) is 0 Å². The molecule has 0 aromatic rings. The monoisotopic (exact) mass is 236 g/mol. The molecule has 0 rings (SSSR count). The van der Waals surface area contributed by atoms with E-state index in [4.69, 9.17) is 0 Å². The number of hydrogen-bond acceptors (Lipinski definition) is 3. The highest BCUT2D eigenvalue weighted by Crippen LogP contribution is 1.92. The van der Waals surface area contributed by atoms with Gasteiger partial charge in [-0.05, 0) is 13.3 Å². The van der Waals surface area contributed by atoms with Crippen LogP contribution in [-0.4, -0.2) is 33.2 Å². The Kier molecular flexibility index (Phi) is 7.33. The maximum absolute atomic E-state index is 11.1. The van der Waals surface area contributed by atoms with E-state index in [-0.39, 0.29) is 18.2 Å². The van der Waals surface area contributed by atoms with Gasteiger partial charge in [0.05, 0.1) is 5.75 Å². The molecule has 5 nitrogen and oxygen atoms in total. The molecule has 0 unspecified atom stereocenters. The maximum atomic E-state index is 11.1. The number of carbonyl (C=O) groups excluding carboxylic acids is 1. The molecule has 0 fully saturated rings. The number of sulfonamides is 1. The second-order valence-corrected chi connectivity index (χ2v) is 5.35. The number of amides is 1. The lowest BCUT2D eigenvalue weighted by atomic mass is 10.2. The molecular weight excluding hydrogens is 216 g/mol. The van der Waals surface area contributed by atoms with Gasteiger partial charge in [0.2, 0.25) is 15.9 Å². The molecule has 15 heavy (non-hydrogen) atoms. The summed E-state index contributed by atoms with van der Waals surface area (Å²) in [4.78, 5) is 11.1. The predicted molar refractivity (Wildman–Crippen MR) is 60.0 cm³/mol. The first-order valence-electron chi connectivity index (χ1n) is 5.26. The second-order valence-electron chi connectivity index (χ2n) is 3.25. The number of unbranched alkanes of at least 4 members (excludes halogenated alkanes) is 1. The minimum Gasteiger partial charge on any atom is -0.355 e.